The van der Waals surface area contributed by atoms with Gasteiger partial charge in [-0.1, -0.05) is 18.2 Å². The summed E-state index contributed by atoms with van der Waals surface area (Å²) in [6.07, 6.45) is 5.04. The molecule has 2 aromatic carbocycles. The lowest BCUT2D eigenvalue weighted by Gasteiger charge is -2.16. The molecule has 0 aromatic heterocycles. The van der Waals surface area contributed by atoms with Crippen LogP contribution < -0.4 is 20.5 Å². The van der Waals surface area contributed by atoms with Gasteiger partial charge in [-0.2, -0.15) is 0 Å². The molecule has 5 nitrogen and oxygen atoms in total. The first-order valence-electron chi connectivity index (χ1n) is 9.11. The van der Waals surface area contributed by atoms with Crippen LogP contribution in [-0.2, 0) is 6.54 Å². The molecule has 2 aromatic rings. The SMILES string of the molecule is COc1cc(CN=C(N)Nc2cccc(C)c2)ccc1OC1CCCC1.I. The molecule has 0 bridgehead atoms. The minimum absolute atomic E-state index is 0. The lowest BCUT2D eigenvalue weighted by atomic mass is 10.2. The maximum atomic E-state index is 6.07. The van der Waals surface area contributed by atoms with Crippen molar-refractivity contribution >= 4 is 35.6 Å². The molecular formula is C21H28IN3O2. The van der Waals surface area contributed by atoms with Crippen molar-refractivity contribution in [2.75, 3.05) is 12.4 Å². The number of benzene rings is 2. The van der Waals surface area contributed by atoms with Gasteiger partial charge in [0.2, 0.25) is 0 Å². The molecule has 0 aliphatic heterocycles. The zero-order chi connectivity index (χ0) is 18.4. The molecule has 6 heteroatoms. The smallest absolute Gasteiger partial charge is 0.193 e. The molecule has 27 heavy (non-hydrogen) atoms. The van der Waals surface area contributed by atoms with E-state index in [0.717, 1.165) is 35.6 Å². The van der Waals surface area contributed by atoms with E-state index in [0.29, 0.717) is 18.6 Å². The highest BCUT2D eigenvalue weighted by molar-refractivity contribution is 14.0. The monoisotopic (exact) mass is 481 g/mol. The molecule has 3 N–H and O–H groups in total. The highest BCUT2D eigenvalue weighted by Gasteiger charge is 2.18. The molecule has 0 radical (unpaired) electrons. The topological polar surface area (TPSA) is 68.9 Å². The number of aliphatic imine (C=N–C) groups is 1. The van der Waals surface area contributed by atoms with Crippen LogP contribution in [0.1, 0.15) is 36.8 Å². The average Bonchev–Trinajstić information content (AvgIpc) is 3.14. The van der Waals surface area contributed by atoms with E-state index in [1.807, 2.05) is 49.4 Å². The van der Waals surface area contributed by atoms with Crippen molar-refractivity contribution in [2.45, 2.75) is 45.3 Å². The van der Waals surface area contributed by atoms with Crippen LogP contribution in [0.2, 0.25) is 0 Å². The van der Waals surface area contributed by atoms with Crippen LogP contribution in [0.15, 0.2) is 47.5 Å². The van der Waals surface area contributed by atoms with Crippen LogP contribution in [0.25, 0.3) is 0 Å². The standard InChI is InChI=1S/C21H27N3O2.HI/c1-15-6-5-7-17(12-15)24-21(22)23-14-16-10-11-19(20(13-16)25-2)26-18-8-3-4-9-18;/h5-7,10-13,18H,3-4,8-9,14H2,1-2H3,(H3,22,23,24);1H. The number of aryl methyl sites for hydroxylation is 1. The van der Waals surface area contributed by atoms with Gasteiger partial charge in [0.05, 0.1) is 19.8 Å². The van der Waals surface area contributed by atoms with E-state index >= 15 is 0 Å². The van der Waals surface area contributed by atoms with E-state index in [9.17, 15) is 0 Å². The van der Waals surface area contributed by atoms with Crippen molar-refractivity contribution in [2.24, 2.45) is 10.7 Å². The number of nitrogens with two attached hydrogens (primary N) is 1. The van der Waals surface area contributed by atoms with Gasteiger partial charge in [0.1, 0.15) is 0 Å². The second kappa shape index (κ2) is 10.4. The number of halogens is 1. The number of hydrogen-bond acceptors (Lipinski definition) is 3. The van der Waals surface area contributed by atoms with Gasteiger partial charge in [-0.05, 0) is 68.0 Å². The van der Waals surface area contributed by atoms with E-state index in [4.69, 9.17) is 15.2 Å². The van der Waals surface area contributed by atoms with Crippen LogP contribution >= 0.6 is 24.0 Å². The Labute approximate surface area is 178 Å². The number of methoxy groups -OCH3 is 1. The molecular weight excluding hydrogens is 453 g/mol. The molecule has 1 aliphatic rings. The summed E-state index contributed by atoms with van der Waals surface area (Å²) in [7, 11) is 1.66. The predicted octanol–water partition coefficient (Wildman–Crippen LogP) is 4.87. The number of guanidine groups is 1. The molecule has 0 atom stereocenters. The summed E-state index contributed by atoms with van der Waals surface area (Å²) in [5.74, 6) is 1.94. The van der Waals surface area contributed by atoms with Gasteiger partial charge in [-0.15, -0.1) is 24.0 Å². The maximum absolute atomic E-state index is 6.07. The van der Waals surface area contributed by atoms with Crippen LogP contribution in [0.3, 0.4) is 0 Å². The zero-order valence-corrected chi connectivity index (χ0v) is 18.2. The summed E-state index contributed by atoms with van der Waals surface area (Å²) in [6.45, 7) is 2.52. The Morgan fingerprint density at radius 2 is 1.93 bits per heavy atom. The second-order valence-electron chi connectivity index (χ2n) is 6.71. The fourth-order valence-electron chi connectivity index (χ4n) is 3.18. The summed E-state index contributed by atoms with van der Waals surface area (Å²) >= 11 is 0. The fourth-order valence-corrected chi connectivity index (χ4v) is 3.18. The number of nitrogens with one attached hydrogen (secondary N) is 1. The van der Waals surface area contributed by atoms with Crippen LogP contribution in [0.5, 0.6) is 11.5 Å². The summed E-state index contributed by atoms with van der Waals surface area (Å²) in [5.41, 5.74) is 9.12. The van der Waals surface area contributed by atoms with E-state index in [-0.39, 0.29) is 24.0 Å². The zero-order valence-electron chi connectivity index (χ0n) is 15.9. The Hall–Kier alpha value is -1.96. The molecule has 0 heterocycles. The largest absolute Gasteiger partial charge is 0.493 e. The Kier molecular flexibility index (Phi) is 8.22. The van der Waals surface area contributed by atoms with Gasteiger partial charge in [0, 0.05) is 5.69 Å². The van der Waals surface area contributed by atoms with E-state index in [1.165, 1.54) is 18.4 Å². The maximum Gasteiger partial charge on any atom is 0.193 e. The molecule has 3 rings (SSSR count). The van der Waals surface area contributed by atoms with Crippen molar-refractivity contribution in [1.82, 2.24) is 0 Å². The van der Waals surface area contributed by atoms with Gasteiger partial charge < -0.3 is 20.5 Å². The average molecular weight is 481 g/mol. The Morgan fingerprint density at radius 1 is 1.15 bits per heavy atom. The third-order valence-electron chi connectivity index (χ3n) is 4.55. The third kappa shape index (κ3) is 6.30. The Morgan fingerprint density at radius 3 is 2.63 bits per heavy atom. The lowest BCUT2D eigenvalue weighted by Crippen LogP contribution is -2.22. The van der Waals surface area contributed by atoms with Gasteiger partial charge >= 0.3 is 0 Å². The number of nitrogens with zero attached hydrogens (tertiary/aromatic N) is 1. The van der Waals surface area contributed by atoms with Crippen molar-refractivity contribution in [3.8, 4) is 11.5 Å². The minimum atomic E-state index is 0. The van der Waals surface area contributed by atoms with Gasteiger partial charge in [-0.3, -0.25) is 0 Å². The van der Waals surface area contributed by atoms with Crippen LogP contribution in [0.4, 0.5) is 5.69 Å². The van der Waals surface area contributed by atoms with Crippen molar-refractivity contribution in [3.05, 3.63) is 53.6 Å². The summed E-state index contributed by atoms with van der Waals surface area (Å²) in [5, 5.41) is 3.11. The Balaban J connectivity index is 0.00000261. The van der Waals surface area contributed by atoms with E-state index < -0.39 is 0 Å². The van der Waals surface area contributed by atoms with Gasteiger partial charge in [-0.25, -0.2) is 4.99 Å². The highest BCUT2D eigenvalue weighted by atomic mass is 127. The summed E-state index contributed by atoms with van der Waals surface area (Å²) in [6, 6.07) is 14.0. The minimum Gasteiger partial charge on any atom is -0.493 e. The van der Waals surface area contributed by atoms with E-state index in [1.54, 1.807) is 7.11 Å². The molecule has 1 saturated carbocycles. The summed E-state index contributed by atoms with van der Waals surface area (Å²) < 4.78 is 11.6. The molecule has 0 unspecified atom stereocenters. The molecule has 1 aliphatic carbocycles. The normalized spacial score (nSPS) is 14.5. The molecule has 146 valence electrons. The molecule has 0 amide bonds. The molecule has 0 spiro atoms. The second-order valence-corrected chi connectivity index (χ2v) is 6.71. The fraction of sp³-hybridized carbons (Fsp3) is 0.381. The quantitative estimate of drug-likeness (QED) is 0.351. The van der Waals surface area contributed by atoms with Crippen molar-refractivity contribution in [3.63, 3.8) is 0 Å². The van der Waals surface area contributed by atoms with Crippen LogP contribution in [-0.4, -0.2) is 19.2 Å². The van der Waals surface area contributed by atoms with Gasteiger partial charge in [0.15, 0.2) is 17.5 Å². The highest BCUT2D eigenvalue weighted by Crippen LogP contribution is 2.32. The number of hydrogen-bond donors (Lipinski definition) is 2. The first kappa shape index (κ1) is 21.3. The molecule has 1 fully saturated rings. The van der Waals surface area contributed by atoms with Crippen LogP contribution in [0, 0.1) is 6.92 Å². The van der Waals surface area contributed by atoms with Crippen molar-refractivity contribution in [1.29, 1.82) is 0 Å². The first-order chi connectivity index (χ1) is 12.6. The van der Waals surface area contributed by atoms with Gasteiger partial charge in [0.25, 0.3) is 0 Å². The number of rotatable bonds is 6. The molecule has 0 saturated heterocycles. The number of ether oxygens (including phenoxy) is 2. The predicted molar refractivity (Wildman–Crippen MR) is 121 cm³/mol. The number of anilines is 1. The Bertz CT molecular complexity index is 774. The third-order valence-corrected chi connectivity index (χ3v) is 4.55. The lowest BCUT2D eigenvalue weighted by molar-refractivity contribution is 0.200. The van der Waals surface area contributed by atoms with E-state index in [2.05, 4.69) is 10.3 Å². The summed E-state index contributed by atoms with van der Waals surface area (Å²) in [4.78, 5) is 4.41. The first-order valence-corrected chi connectivity index (χ1v) is 9.11. The van der Waals surface area contributed by atoms with Crippen molar-refractivity contribution < 1.29 is 9.47 Å².